The molecule has 2 aliphatic rings. The molecule has 1 spiro atoms. The summed E-state index contributed by atoms with van der Waals surface area (Å²) in [5.41, 5.74) is 0.819. The van der Waals surface area contributed by atoms with Crippen molar-refractivity contribution < 1.29 is 9.47 Å². The van der Waals surface area contributed by atoms with E-state index in [1.807, 2.05) is 18.5 Å². The van der Waals surface area contributed by atoms with Gasteiger partial charge in [-0.15, -0.1) is 11.3 Å². The van der Waals surface area contributed by atoms with Gasteiger partial charge in [0.25, 0.3) is 0 Å². The number of hydrogen-bond donors (Lipinski definition) is 0. The first-order valence-corrected chi connectivity index (χ1v) is 8.79. The Morgan fingerprint density at radius 3 is 3.13 bits per heavy atom. The lowest BCUT2D eigenvalue weighted by molar-refractivity contribution is -0.188. The van der Waals surface area contributed by atoms with Gasteiger partial charge in [0.05, 0.1) is 30.6 Å². The predicted molar refractivity (Wildman–Crippen MR) is 86.5 cm³/mol. The third kappa shape index (κ3) is 3.36. The number of aryl methyl sites for hydroxylation is 1. The van der Waals surface area contributed by atoms with Gasteiger partial charge in [0.15, 0.2) is 0 Å². The van der Waals surface area contributed by atoms with Gasteiger partial charge >= 0.3 is 0 Å². The molecule has 0 saturated carbocycles. The second kappa shape index (κ2) is 6.14. The van der Waals surface area contributed by atoms with Crippen LogP contribution in [0.4, 0.5) is 0 Å². The summed E-state index contributed by atoms with van der Waals surface area (Å²) in [5, 5.41) is 3.19. The Labute approximate surface area is 139 Å². The third-order valence-electron chi connectivity index (χ3n) is 4.33. The Hall–Kier alpha value is -1.57. The van der Waals surface area contributed by atoms with Crippen molar-refractivity contribution >= 4 is 11.3 Å². The van der Waals surface area contributed by atoms with Crippen molar-refractivity contribution in [2.75, 3.05) is 19.7 Å². The van der Waals surface area contributed by atoms with E-state index in [9.17, 15) is 0 Å². The quantitative estimate of drug-likeness (QED) is 0.854. The monoisotopic (exact) mass is 332 g/mol. The molecule has 2 fully saturated rings. The van der Waals surface area contributed by atoms with Crippen molar-refractivity contribution in [3.8, 4) is 5.88 Å². The molecular weight excluding hydrogens is 312 g/mol. The first-order chi connectivity index (χ1) is 11.2. The van der Waals surface area contributed by atoms with E-state index in [2.05, 4.69) is 19.9 Å². The molecule has 122 valence electrons. The van der Waals surface area contributed by atoms with Gasteiger partial charge in [-0.25, -0.2) is 9.97 Å². The minimum atomic E-state index is -0.0581. The Morgan fingerprint density at radius 1 is 1.43 bits per heavy atom. The van der Waals surface area contributed by atoms with Crippen molar-refractivity contribution in [2.45, 2.75) is 38.0 Å². The zero-order valence-electron chi connectivity index (χ0n) is 13.1. The van der Waals surface area contributed by atoms with Gasteiger partial charge in [-0.3, -0.25) is 9.88 Å². The van der Waals surface area contributed by atoms with Gasteiger partial charge < -0.3 is 9.47 Å². The second-order valence-corrected chi connectivity index (χ2v) is 7.31. The Balaban J connectivity index is 1.33. The first-order valence-electron chi connectivity index (χ1n) is 7.91. The number of nitrogens with zero attached hydrogens (tertiary/aromatic N) is 4. The van der Waals surface area contributed by atoms with E-state index < -0.39 is 0 Å². The Kier molecular flexibility index (Phi) is 4.00. The SMILES string of the molecule is Cc1cncc(OC2CCOC3(C2)CN(Cc2nccs2)C3)n1. The van der Waals surface area contributed by atoms with Crippen molar-refractivity contribution in [3.63, 3.8) is 0 Å². The van der Waals surface area contributed by atoms with E-state index in [0.29, 0.717) is 5.88 Å². The van der Waals surface area contributed by atoms with Crippen molar-refractivity contribution in [1.82, 2.24) is 19.9 Å². The minimum absolute atomic E-state index is 0.0581. The van der Waals surface area contributed by atoms with Crippen LogP contribution in [-0.2, 0) is 11.3 Å². The molecule has 0 amide bonds. The summed E-state index contributed by atoms with van der Waals surface area (Å²) in [7, 11) is 0. The van der Waals surface area contributed by atoms with Crippen molar-refractivity contribution in [2.24, 2.45) is 0 Å². The van der Waals surface area contributed by atoms with Crippen LogP contribution < -0.4 is 4.74 Å². The average molecular weight is 332 g/mol. The molecule has 2 saturated heterocycles. The highest BCUT2D eigenvalue weighted by Crippen LogP contribution is 2.36. The summed E-state index contributed by atoms with van der Waals surface area (Å²) >= 11 is 1.71. The largest absolute Gasteiger partial charge is 0.473 e. The number of ether oxygens (including phenoxy) is 2. The lowest BCUT2D eigenvalue weighted by Crippen LogP contribution is -2.65. The number of hydrogen-bond acceptors (Lipinski definition) is 7. The van der Waals surface area contributed by atoms with E-state index in [1.54, 1.807) is 23.7 Å². The van der Waals surface area contributed by atoms with Crippen LogP contribution in [0.25, 0.3) is 0 Å². The third-order valence-corrected chi connectivity index (χ3v) is 5.10. The van der Waals surface area contributed by atoms with E-state index in [1.165, 1.54) is 5.01 Å². The molecule has 0 N–H and O–H groups in total. The average Bonchev–Trinajstić information content (AvgIpc) is 2.99. The highest BCUT2D eigenvalue weighted by atomic mass is 32.1. The normalized spacial score (nSPS) is 23.6. The topological polar surface area (TPSA) is 60.4 Å². The molecule has 0 bridgehead atoms. The standard InChI is InChI=1S/C16H20N4O2S/c1-12-7-17-8-14(19-12)22-13-2-4-21-16(6-13)10-20(11-16)9-15-18-3-5-23-15/h3,5,7-8,13H,2,4,6,9-11H2,1H3. The summed E-state index contributed by atoms with van der Waals surface area (Å²) < 4.78 is 12.1. The van der Waals surface area contributed by atoms with Gasteiger partial charge in [-0.1, -0.05) is 0 Å². The molecule has 2 aromatic rings. The van der Waals surface area contributed by atoms with Crippen molar-refractivity contribution in [1.29, 1.82) is 0 Å². The summed E-state index contributed by atoms with van der Waals surface area (Å²) in [4.78, 5) is 15.3. The lowest BCUT2D eigenvalue weighted by Gasteiger charge is -2.52. The maximum Gasteiger partial charge on any atom is 0.232 e. The van der Waals surface area contributed by atoms with E-state index >= 15 is 0 Å². The van der Waals surface area contributed by atoms with Gasteiger partial charge in [0.1, 0.15) is 11.1 Å². The summed E-state index contributed by atoms with van der Waals surface area (Å²) in [5.74, 6) is 0.617. The predicted octanol–water partition coefficient (Wildman–Crippen LogP) is 2.05. The van der Waals surface area contributed by atoms with Gasteiger partial charge in [0, 0.05) is 43.7 Å². The summed E-state index contributed by atoms with van der Waals surface area (Å²) in [6.45, 7) is 5.48. The van der Waals surface area contributed by atoms with Crippen LogP contribution in [0.5, 0.6) is 5.88 Å². The lowest BCUT2D eigenvalue weighted by atomic mass is 9.85. The van der Waals surface area contributed by atoms with E-state index in [4.69, 9.17) is 9.47 Å². The number of thiazole rings is 1. The van der Waals surface area contributed by atoms with E-state index in [0.717, 1.165) is 44.8 Å². The fourth-order valence-corrected chi connectivity index (χ4v) is 4.03. The van der Waals surface area contributed by atoms with Crippen LogP contribution in [0.2, 0.25) is 0 Å². The summed E-state index contributed by atoms with van der Waals surface area (Å²) in [6, 6.07) is 0. The molecule has 0 radical (unpaired) electrons. The molecule has 0 aromatic carbocycles. The number of rotatable bonds is 4. The maximum absolute atomic E-state index is 6.07. The molecule has 4 heterocycles. The molecule has 0 aliphatic carbocycles. The maximum atomic E-state index is 6.07. The van der Waals surface area contributed by atoms with Gasteiger partial charge in [0.2, 0.25) is 5.88 Å². The number of likely N-dealkylation sites (tertiary alicyclic amines) is 1. The van der Waals surface area contributed by atoms with Crippen LogP contribution in [-0.4, -0.2) is 51.3 Å². The van der Waals surface area contributed by atoms with Crippen LogP contribution in [0, 0.1) is 6.92 Å². The molecule has 1 atom stereocenters. The molecule has 7 heteroatoms. The highest BCUT2D eigenvalue weighted by molar-refractivity contribution is 7.09. The zero-order chi connectivity index (χ0) is 15.7. The molecule has 2 aliphatic heterocycles. The van der Waals surface area contributed by atoms with Crippen molar-refractivity contribution in [3.05, 3.63) is 34.7 Å². The second-order valence-electron chi connectivity index (χ2n) is 6.33. The van der Waals surface area contributed by atoms with Crippen LogP contribution in [0.15, 0.2) is 24.0 Å². The molecule has 6 nitrogen and oxygen atoms in total. The minimum Gasteiger partial charge on any atom is -0.473 e. The fraction of sp³-hybridized carbons (Fsp3) is 0.562. The molecule has 2 aromatic heterocycles. The molecular formula is C16H20N4O2S. The molecule has 1 unspecified atom stereocenters. The zero-order valence-corrected chi connectivity index (χ0v) is 14.0. The van der Waals surface area contributed by atoms with Gasteiger partial charge in [-0.2, -0.15) is 0 Å². The van der Waals surface area contributed by atoms with Crippen LogP contribution >= 0.6 is 11.3 Å². The fourth-order valence-electron chi connectivity index (χ4n) is 3.37. The van der Waals surface area contributed by atoms with Crippen LogP contribution in [0.1, 0.15) is 23.5 Å². The Bertz CT molecular complexity index is 658. The molecule has 4 rings (SSSR count). The van der Waals surface area contributed by atoms with Crippen LogP contribution in [0.3, 0.4) is 0 Å². The van der Waals surface area contributed by atoms with Gasteiger partial charge in [-0.05, 0) is 6.92 Å². The highest BCUT2D eigenvalue weighted by Gasteiger charge is 2.48. The summed E-state index contributed by atoms with van der Waals surface area (Å²) in [6.07, 6.45) is 7.26. The number of aromatic nitrogens is 3. The smallest absolute Gasteiger partial charge is 0.232 e. The van der Waals surface area contributed by atoms with E-state index in [-0.39, 0.29) is 11.7 Å². The Morgan fingerprint density at radius 2 is 2.35 bits per heavy atom. The first kappa shape index (κ1) is 15.0. The molecule has 23 heavy (non-hydrogen) atoms.